The molecule has 9 rings (SSSR count). The number of rotatable bonds is 4. The average Bonchev–Trinajstić information content (AvgIpc) is 3.69. The first-order valence-electron chi connectivity index (χ1n) is 15.3. The summed E-state index contributed by atoms with van der Waals surface area (Å²) in [5, 5.41) is 2.42. The van der Waals surface area contributed by atoms with Crippen molar-refractivity contribution in [1.29, 1.82) is 0 Å². The van der Waals surface area contributed by atoms with Gasteiger partial charge in [0.15, 0.2) is 17.5 Å². The molecule has 0 atom stereocenters. The molecule has 0 spiro atoms. The third kappa shape index (κ3) is 3.90. The van der Waals surface area contributed by atoms with Crippen LogP contribution in [-0.4, -0.2) is 24.1 Å². The Morgan fingerprint density at radius 3 is 1.76 bits per heavy atom. The fourth-order valence-corrected chi connectivity index (χ4v) is 6.90. The molecule has 0 aliphatic carbocycles. The van der Waals surface area contributed by atoms with Crippen LogP contribution in [0.15, 0.2) is 140 Å². The zero-order chi connectivity index (χ0) is 30.1. The Balaban J connectivity index is 1.28. The molecule has 1 aliphatic rings. The molecule has 3 aromatic heterocycles. The molecule has 0 bridgehead atoms. The highest BCUT2D eigenvalue weighted by Gasteiger charge is 2.36. The Labute approximate surface area is 261 Å². The van der Waals surface area contributed by atoms with Crippen LogP contribution in [0.5, 0.6) is 0 Å². The van der Waals surface area contributed by atoms with E-state index < -0.39 is 0 Å². The number of hydrogen-bond acceptors (Lipinski definition) is 3. The Bertz CT molecular complexity index is 2330. The molecular weight excluding hydrogens is 550 g/mol. The molecule has 0 amide bonds. The quantitative estimate of drug-likeness (QED) is 0.209. The molecule has 214 valence electrons. The van der Waals surface area contributed by atoms with Crippen molar-refractivity contribution in [2.45, 2.75) is 19.3 Å². The highest BCUT2D eigenvalue weighted by atomic mass is 15.1. The summed E-state index contributed by atoms with van der Waals surface area (Å²) < 4.78 is 4.70. The lowest BCUT2D eigenvalue weighted by Crippen LogP contribution is -2.24. The summed E-state index contributed by atoms with van der Waals surface area (Å²) in [5.74, 6) is 1.99. The molecule has 5 aromatic carbocycles. The minimum Gasteiger partial charge on any atom is -0.321 e. The van der Waals surface area contributed by atoms with Gasteiger partial charge in [-0.1, -0.05) is 111 Å². The SMILES string of the molecule is CC1(C)c2cn(-c3ccccc3)cc2-n2c3ccc(-c4nc(-c5ccccc5)nc(-c5ccccc5)n4)cc3c3cccc1c32. The summed E-state index contributed by atoms with van der Waals surface area (Å²) in [7, 11) is 0. The number of hydrogen-bond donors (Lipinski definition) is 0. The summed E-state index contributed by atoms with van der Waals surface area (Å²) in [6.45, 7) is 4.67. The van der Waals surface area contributed by atoms with E-state index in [-0.39, 0.29) is 5.41 Å². The molecule has 1 aliphatic heterocycles. The number of aromatic nitrogens is 5. The van der Waals surface area contributed by atoms with Gasteiger partial charge in [0.2, 0.25) is 0 Å². The first-order chi connectivity index (χ1) is 22.1. The normalized spacial score (nSPS) is 13.3. The first kappa shape index (κ1) is 25.7. The average molecular weight is 580 g/mol. The first-order valence-corrected chi connectivity index (χ1v) is 15.3. The van der Waals surface area contributed by atoms with Gasteiger partial charge in [0.05, 0.1) is 16.7 Å². The molecule has 0 unspecified atom stereocenters. The van der Waals surface area contributed by atoms with E-state index in [9.17, 15) is 0 Å². The van der Waals surface area contributed by atoms with Crippen molar-refractivity contribution in [3.8, 4) is 45.5 Å². The lowest BCUT2D eigenvalue weighted by Gasteiger charge is -2.32. The van der Waals surface area contributed by atoms with Gasteiger partial charge in [0, 0.05) is 56.5 Å². The Hall–Kier alpha value is -5.81. The summed E-state index contributed by atoms with van der Waals surface area (Å²) in [5.41, 5.74) is 10.2. The smallest absolute Gasteiger partial charge is 0.164 e. The van der Waals surface area contributed by atoms with Crippen LogP contribution < -0.4 is 0 Å². The van der Waals surface area contributed by atoms with Crippen molar-refractivity contribution in [3.05, 3.63) is 151 Å². The minimum atomic E-state index is -0.161. The van der Waals surface area contributed by atoms with Crippen molar-refractivity contribution in [2.24, 2.45) is 0 Å². The summed E-state index contributed by atoms with van der Waals surface area (Å²) >= 11 is 0. The Morgan fingerprint density at radius 1 is 0.511 bits per heavy atom. The van der Waals surface area contributed by atoms with E-state index in [1.807, 2.05) is 60.7 Å². The molecule has 5 nitrogen and oxygen atoms in total. The van der Waals surface area contributed by atoms with Gasteiger partial charge in [0.25, 0.3) is 0 Å². The van der Waals surface area contributed by atoms with Crippen molar-refractivity contribution >= 4 is 21.8 Å². The third-order valence-corrected chi connectivity index (χ3v) is 9.19. The molecule has 0 saturated heterocycles. The summed E-state index contributed by atoms with van der Waals surface area (Å²) in [4.78, 5) is 14.9. The van der Waals surface area contributed by atoms with Crippen LogP contribution in [0.3, 0.4) is 0 Å². The maximum absolute atomic E-state index is 5.01. The van der Waals surface area contributed by atoms with Gasteiger partial charge in [-0.3, -0.25) is 0 Å². The van der Waals surface area contributed by atoms with E-state index in [1.54, 1.807) is 0 Å². The summed E-state index contributed by atoms with van der Waals surface area (Å²) in [6.07, 6.45) is 4.58. The monoisotopic (exact) mass is 579 g/mol. The van der Waals surface area contributed by atoms with Crippen LogP contribution in [0, 0.1) is 0 Å². The minimum absolute atomic E-state index is 0.161. The van der Waals surface area contributed by atoms with Crippen molar-refractivity contribution in [1.82, 2.24) is 24.1 Å². The van der Waals surface area contributed by atoms with Gasteiger partial charge < -0.3 is 9.13 Å². The third-order valence-electron chi connectivity index (χ3n) is 9.19. The molecule has 8 aromatic rings. The predicted molar refractivity (Wildman–Crippen MR) is 182 cm³/mol. The fourth-order valence-electron chi connectivity index (χ4n) is 6.90. The zero-order valence-corrected chi connectivity index (χ0v) is 25.0. The van der Waals surface area contributed by atoms with Gasteiger partial charge >= 0.3 is 0 Å². The van der Waals surface area contributed by atoms with E-state index in [4.69, 9.17) is 15.0 Å². The zero-order valence-electron chi connectivity index (χ0n) is 25.0. The molecule has 45 heavy (non-hydrogen) atoms. The van der Waals surface area contributed by atoms with Crippen molar-refractivity contribution in [3.63, 3.8) is 0 Å². The largest absolute Gasteiger partial charge is 0.321 e. The van der Waals surface area contributed by atoms with Gasteiger partial charge in [-0.2, -0.15) is 0 Å². The second-order valence-corrected chi connectivity index (χ2v) is 12.2. The Kier molecular flexibility index (Phi) is 5.47. The molecular formula is C40H29N5. The molecule has 0 fully saturated rings. The van der Waals surface area contributed by atoms with E-state index in [0.29, 0.717) is 17.5 Å². The van der Waals surface area contributed by atoms with Crippen LogP contribution in [0.2, 0.25) is 0 Å². The number of fused-ring (bicyclic) bond motifs is 5. The second kappa shape index (κ2) is 9.60. The predicted octanol–water partition coefficient (Wildman–Crippen LogP) is 9.40. The maximum atomic E-state index is 5.01. The van der Waals surface area contributed by atoms with Crippen LogP contribution in [0.25, 0.3) is 67.3 Å². The lowest BCUT2D eigenvalue weighted by molar-refractivity contribution is 0.631. The summed E-state index contributed by atoms with van der Waals surface area (Å²) in [6, 6.07) is 44.2. The molecule has 5 heteroatoms. The van der Waals surface area contributed by atoms with E-state index in [0.717, 1.165) is 22.4 Å². The van der Waals surface area contributed by atoms with Gasteiger partial charge in [-0.15, -0.1) is 0 Å². The van der Waals surface area contributed by atoms with Gasteiger partial charge in [-0.25, -0.2) is 15.0 Å². The standard InChI is InChI=1S/C40H29N5/c1-40(2)32-20-12-19-30-31-23-28(39-42-37(26-13-6-3-7-14-26)41-38(43-39)27-15-8-4-9-16-27)21-22-34(31)45(36(30)32)35-25-44(24-33(35)40)29-17-10-5-11-18-29/h3-25H,1-2H3. The van der Waals surface area contributed by atoms with Crippen LogP contribution >= 0.6 is 0 Å². The van der Waals surface area contributed by atoms with Crippen LogP contribution in [0.4, 0.5) is 0 Å². The van der Waals surface area contributed by atoms with Gasteiger partial charge in [0.1, 0.15) is 0 Å². The molecule has 4 heterocycles. The molecule has 0 radical (unpaired) electrons. The highest BCUT2D eigenvalue weighted by Crippen LogP contribution is 2.48. The maximum Gasteiger partial charge on any atom is 0.164 e. The molecule has 0 N–H and O–H groups in total. The number of para-hydroxylation sites is 2. The Morgan fingerprint density at radius 2 is 1.11 bits per heavy atom. The van der Waals surface area contributed by atoms with Crippen LogP contribution in [0.1, 0.15) is 25.0 Å². The highest BCUT2D eigenvalue weighted by molar-refractivity contribution is 6.12. The second-order valence-electron chi connectivity index (χ2n) is 12.2. The van der Waals surface area contributed by atoms with E-state index >= 15 is 0 Å². The lowest BCUT2D eigenvalue weighted by atomic mass is 9.76. The van der Waals surface area contributed by atoms with Crippen molar-refractivity contribution in [2.75, 3.05) is 0 Å². The number of nitrogens with zero attached hydrogens (tertiary/aromatic N) is 5. The van der Waals surface area contributed by atoms with Crippen LogP contribution in [-0.2, 0) is 5.41 Å². The fraction of sp³-hybridized carbons (Fsp3) is 0.0750. The van der Waals surface area contributed by atoms with Crippen molar-refractivity contribution < 1.29 is 0 Å². The van der Waals surface area contributed by atoms with E-state index in [1.165, 1.54) is 38.6 Å². The van der Waals surface area contributed by atoms with E-state index in [2.05, 4.69) is 102 Å². The van der Waals surface area contributed by atoms with Gasteiger partial charge in [-0.05, 0) is 35.9 Å². The number of benzene rings is 5. The molecule has 0 saturated carbocycles. The topological polar surface area (TPSA) is 48.5 Å².